The maximum absolute atomic E-state index is 5.73. The molecular weight excluding hydrogens is 276 g/mol. The van der Waals surface area contributed by atoms with Crippen molar-refractivity contribution in [2.75, 3.05) is 19.7 Å². The highest BCUT2D eigenvalue weighted by atomic mass is 16.5. The van der Waals surface area contributed by atoms with Gasteiger partial charge in [-0.05, 0) is 36.2 Å². The van der Waals surface area contributed by atoms with Crippen LogP contribution in [0, 0.1) is 0 Å². The number of unbranched alkanes of at least 4 members (excludes halogenated alkanes) is 3. The van der Waals surface area contributed by atoms with Gasteiger partial charge < -0.3 is 10.1 Å². The normalized spacial score (nSPS) is 13.2. The van der Waals surface area contributed by atoms with Gasteiger partial charge in [0.1, 0.15) is 5.75 Å². The molecule has 3 N–H and O–H groups in total. The lowest BCUT2D eigenvalue weighted by Crippen LogP contribution is -2.42. The standard InChI is InChI=1S/C17H26N4O/c1-3-4-5-6-13-22-16-9-7-15(8-10-16)14(2)20-21-17-18-11-12-19-17/h7-10,20H,2-6,11-13H2,1H3,(H2,18,19,21). The molecule has 0 unspecified atom stereocenters. The predicted molar refractivity (Wildman–Crippen MR) is 91.7 cm³/mol. The first kappa shape index (κ1) is 16.2. The fourth-order valence-corrected chi connectivity index (χ4v) is 2.16. The SMILES string of the molecule is C=C(NNC1=NCCN1)c1ccc(OCCCCCC)cc1. The fourth-order valence-electron chi connectivity index (χ4n) is 2.16. The number of ether oxygens (including phenoxy) is 1. The minimum absolute atomic E-state index is 0.758. The van der Waals surface area contributed by atoms with Crippen molar-refractivity contribution in [1.82, 2.24) is 16.2 Å². The molecule has 0 saturated heterocycles. The highest BCUT2D eigenvalue weighted by Crippen LogP contribution is 2.16. The van der Waals surface area contributed by atoms with Crippen LogP contribution in [0.25, 0.3) is 5.70 Å². The van der Waals surface area contributed by atoms with E-state index in [1.807, 2.05) is 24.3 Å². The molecule has 0 spiro atoms. The summed E-state index contributed by atoms with van der Waals surface area (Å²) in [6.45, 7) is 8.69. The third-order valence-corrected chi connectivity index (χ3v) is 3.48. The van der Waals surface area contributed by atoms with Gasteiger partial charge in [0, 0.05) is 6.54 Å². The molecule has 120 valence electrons. The number of aliphatic imine (C=N–C) groups is 1. The highest BCUT2D eigenvalue weighted by Gasteiger charge is 2.04. The summed E-state index contributed by atoms with van der Waals surface area (Å²) in [5.41, 5.74) is 7.87. The zero-order valence-corrected chi connectivity index (χ0v) is 13.3. The van der Waals surface area contributed by atoms with Crippen molar-refractivity contribution < 1.29 is 4.74 Å². The van der Waals surface area contributed by atoms with Gasteiger partial charge in [-0.1, -0.05) is 32.8 Å². The number of rotatable bonds is 9. The first-order chi connectivity index (χ1) is 10.8. The second-order valence-corrected chi connectivity index (χ2v) is 5.32. The fraction of sp³-hybridized carbons (Fsp3) is 0.471. The molecule has 0 bridgehead atoms. The minimum atomic E-state index is 0.758. The highest BCUT2D eigenvalue weighted by molar-refractivity contribution is 5.81. The summed E-state index contributed by atoms with van der Waals surface area (Å²) in [7, 11) is 0. The van der Waals surface area contributed by atoms with E-state index in [4.69, 9.17) is 4.74 Å². The van der Waals surface area contributed by atoms with Gasteiger partial charge in [-0.25, -0.2) is 0 Å². The Morgan fingerprint density at radius 1 is 1.27 bits per heavy atom. The maximum Gasteiger partial charge on any atom is 0.210 e. The number of nitrogens with one attached hydrogen (secondary N) is 3. The lowest BCUT2D eigenvalue weighted by Gasteiger charge is -2.13. The molecule has 1 aromatic rings. The zero-order valence-electron chi connectivity index (χ0n) is 13.3. The minimum Gasteiger partial charge on any atom is -0.494 e. The molecule has 1 aliphatic heterocycles. The molecule has 0 aliphatic carbocycles. The van der Waals surface area contributed by atoms with Crippen LogP contribution in [-0.2, 0) is 0 Å². The average molecular weight is 302 g/mol. The molecule has 0 atom stereocenters. The van der Waals surface area contributed by atoms with Gasteiger partial charge >= 0.3 is 0 Å². The number of benzene rings is 1. The predicted octanol–water partition coefficient (Wildman–Crippen LogP) is 2.67. The average Bonchev–Trinajstić information content (AvgIpc) is 3.06. The van der Waals surface area contributed by atoms with Crippen LogP contribution in [0.1, 0.15) is 38.2 Å². The van der Waals surface area contributed by atoms with Crippen LogP contribution < -0.4 is 20.9 Å². The Morgan fingerprint density at radius 3 is 2.77 bits per heavy atom. The summed E-state index contributed by atoms with van der Waals surface area (Å²) in [5.74, 6) is 1.66. The van der Waals surface area contributed by atoms with Gasteiger partial charge in [0.05, 0.1) is 18.8 Å². The zero-order chi connectivity index (χ0) is 15.6. The molecule has 5 nitrogen and oxygen atoms in total. The van der Waals surface area contributed by atoms with Gasteiger partial charge in [0.25, 0.3) is 0 Å². The number of hydrazine groups is 1. The van der Waals surface area contributed by atoms with E-state index in [2.05, 4.69) is 34.7 Å². The lowest BCUT2D eigenvalue weighted by atomic mass is 10.2. The Hall–Kier alpha value is -2.17. The smallest absolute Gasteiger partial charge is 0.210 e. The third kappa shape index (κ3) is 5.31. The summed E-state index contributed by atoms with van der Waals surface area (Å²) < 4.78 is 5.73. The molecule has 0 amide bonds. The second-order valence-electron chi connectivity index (χ2n) is 5.32. The molecule has 1 aromatic carbocycles. The number of hydrogen-bond donors (Lipinski definition) is 3. The monoisotopic (exact) mass is 302 g/mol. The van der Waals surface area contributed by atoms with Crippen molar-refractivity contribution >= 4 is 11.7 Å². The van der Waals surface area contributed by atoms with E-state index in [9.17, 15) is 0 Å². The van der Waals surface area contributed by atoms with Gasteiger partial charge in [-0.2, -0.15) is 0 Å². The maximum atomic E-state index is 5.73. The summed E-state index contributed by atoms with van der Waals surface area (Å²) >= 11 is 0. The van der Waals surface area contributed by atoms with E-state index in [0.29, 0.717) is 0 Å². The van der Waals surface area contributed by atoms with E-state index in [0.717, 1.165) is 49.1 Å². The largest absolute Gasteiger partial charge is 0.494 e. The van der Waals surface area contributed by atoms with Gasteiger partial charge in [0.2, 0.25) is 5.96 Å². The number of nitrogens with zero attached hydrogens (tertiary/aromatic N) is 1. The molecule has 0 aromatic heterocycles. The van der Waals surface area contributed by atoms with Crippen LogP contribution in [0.15, 0.2) is 35.8 Å². The summed E-state index contributed by atoms with van der Waals surface area (Å²) in [6.07, 6.45) is 4.88. The molecule has 1 aliphatic rings. The summed E-state index contributed by atoms with van der Waals surface area (Å²) in [5, 5.41) is 3.13. The summed E-state index contributed by atoms with van der Waals surface area (Å²) in [4.78, 5) is 4.24. The molecule has 2 rings (SSSR count). The van der Waals surface area contributed by atoms with Crippen LogP contribution in [0.4, 0.5) is 0 Å². The van der Waals surface area contributed by atoms with Crippen molar-refractivity contribution in [2.45, 2.75) is 32.6 Å². The third-order valence-electron chi connectivity index (χ3n) is 3.48. The lowest BCUT2D eigenvalue weighted by molar-refractivity contribution is 0.305. The Morgan fingerprint density at radius 2 is 2.09 bits per heavy atom. The van der Waals surface area contributed by atoms with E-state index in [1.165, 1.54) is 19.3 Å². The Bertz CT molecular complexity index is 496. The van der Waals surface area contributed by atoms with Crippen LogP contribution >= 0.6 is 0 Å². The number of hydrogen-bond acceptors (Lipinski definition) is 5. The molecule has 0 saturated carbocycles. The summed E-state index contributed by atoms with van der Waals surface area (Å²) in [6, 6.07) is 7.96. The van der Waals surface area contributed by atoms with Crippen molar-refractivity contribution in [3.8, 4) is 5.75 Å². The van der Waals surface area contributed by atoms with Gasteiger partial charge in [-0.15, -0.1) is 0 Å². The second kappa shape index (κ2) is 8.97. The molecule has 22 heavy (non-hydrogen) atoms. The van der Waals surface area contributed by atoms with Gasteiger partial charge in [0.15, 0.2) is 0 Å². The van der Waals surface area contributed by atoms with Crippen LogP contribution in [-0.4, -0.2) is 25.7 Å². The molecular formula is C17H26N4O. The molecule has 0 radical (unpaired) electrons. The van der Waals surface area contributed by atoms with Gasteiger partial charge in [-0.3, -0.25) is 15.8 Å². The van der Waals surface area contributed by atoms with E-state index in [-0.39, 0.29) is 0 Å². The van der Waals surface area contributed by atoms with E-state index >= 15 is 0 Å². The first-order valence-electron chi connectivity index (χ1n) is 8.02. The Kier molecular flexibility index (Phi) is 6.61. The molecule has 5 heteroatoms. The van der Waals surface area contributed by atoms with Crippen molar-refractivity contribution in [1.29, 1.82) is 0 Å². The first-order valence-corrected chi connectivity index (χ1v) is 8.02. The van der Waals surface area contributed by atoms with Crippen LogP contribution in [0.3, 0.4) is 0 Å². The van der Waals surface area contributed by atoms with Crippen LogP contribution in [0.5, 0.6) is 5.75 Å². The van der Waals surface area contributed by atoms with Crippen molar-refractivity contribution in [3.05, 3.63) is 36.4 Å². The quantitative estimate of drug-likeness (QED) is 0.485. The van der Waals surface area contributed by atoms with E-state index in [1.54, 1.807) is 0 Å². The van der Waals surface area contributed by atoms with Crippen molar-refractivity contribution in [3.63, 3.8) is 0 Å². The van der Waals surface area contributed by atoms with E-state index < -0.39 is 0 Å². The van der Waals surface area contributed by atoms with Crippen LogP contribution in [0.2, 0.25) is 0 Å². The molecule has 0 fully saturated rings. The number of guanidine groups is 1. The topological polar surface area (TPSA) is 57.7 Å². The molecule has 1 heterocycles. The Labute approximate surface area is 132 Å². The van der Waals surface area contributed by atoms with Crippen molar-refractivity contribution in [2.24, 2.45) is 4.99 Å². The Balaban J connectivity index is 1.72.